The van der Waals surface area contributed by atoms with E-state index >= 15 is 0 Å². The number of ether oxygens (including phenoxy) is 1. The SMILES string of the molecule is C[C@H]1CN([C@@H](C)CO)C(=O)c2cccc(NC(=O)Nc3ccccc3)c2O[C@H]1CN(C)Cc1ccncc1. The molecular weight excluding hydrogens is 482 g/mol. The second-order valence-corrected chi connectivity index (χ2v) is 9.80. The molecule has 3 aromatic rings. The molecule has 0 spiro atoms. The summed E-state index contributed by atoms with van der Waals surface area (Å²) in [5.41, 5.74) is 2.52. The molecule has 200 valence electrons. The number of nitrogens with one attached hydrogen (secondary N) is 2. The predicted octanol–water partition coefficient (Wildman–Crippen LogP) is 4.08. The Morgan fingerprint density at radius 1 is 1.13 bits per heavy atom. The first kappa shape index (κ1) is 27.1. The van der Waals surface area contributed by atoms with Crippen LogP contribution in [0.4, 0.5) is 16.2 Å². The van der Waals surface area contributed by atoms with Crippen molar-refractivity contribution in [2.75, 3.05) is 37.4 Å². The molecule has 9 heteroatoms. The molecule has 1 aliphatic rings. The molecule has 1 aromatic heterocycles. The molecule has 3 atom stereocenters. The van der Waals surface area contributed by atoms with Gasteiger partial charge in [-0.05, 0) is 55.9 Å². The van der Waals surface area contributed by atoms with Crippen molar-refractivity contribution < 1.29 is 19.4 Å². The van der Waals surface area contributed by atoms with E-state index in [2.05, 4.69) is 20.5 Å². The van der Waals surface area contributed by atoms with Gasteiger partial charge < -0.3 is 25.4 Å². The molecule has 0 fully saturated rings. The smallest absolute Gasteiger partial charge is 0.323 e. The van der Waals surface area contributed by atoms with Gasteiger partial charge in [0.15, 0.2) is 5.75 Å². The zero-order valence-corrected chi connectivity index (χ0v) is 22.0. The number of amides is 3. The maximum Gasteiger partial charge on any atom is 0.323 e. The third-order valence-corrected chi connectivity index (χ3v) is 6.66. The van der Waals surface area contributed by atoms with Crippen molar-refractivity contribution in [1.82, 2.24) is 14.8 Å². The Morgan fingerprint density at radius 3 is 2.58 bits per heavy atom. The molecule has 3 N–H and O–H groups in total. The molecule has 0 aliphatic carbocycles. The van der Waals surface area contributed by atoms with Gasteiger partial charge in [0.2, 0.25) is 0 Å². The van der Waals surface area contributed by atoms with E-state index in [9.17, 15) is 14.7 Å². The lowest BCUT2D eigenvalue weighted by Gasteiger charge is -2.38. The summed E-state index contributed by atoms with van der Waals surface area (Å²) in [5.74, 6) is 0.0287. The van der Waals surface area contributed by atoms with Crippen LogP contribution >= 0.6 is 0 Å². The first-order valence-corrected chi connectivity index (χ1v) is 12.8. The van der Waals surface area contributed by atoms with Crippen molar-refractivity contribution in [3.63, 3.8) is 0 Å². The van der Waals surface area contributed by atoms with E-state index in [0.29, 0.717) is 42.3 Å². The molecule has 0 saturated carbocycles. The van der Waals surface area contributed by atoms with Crippen LogP contribution in [0.1, 0.15) is 29.8 Å². The molecule has 38 heavy (non-hydrogen) atoms. The number of rotatable bonds is 8. The van der Waals surface area contributed by atoms with Crippen molar-refractivity contribution in [2.45, 2.75) is 32.5 Å². The van der Waals surface area contributed by atoms with E-state index in [0.717, 1.165) is 5.56 Å². The number of para-hydroxylation sites is 2. The van der Waals surface area contributed by atoms with Crippen LogP contribution in [0.15, 0.2) is 73.1 Å². The maximum absolute atomic E-state index is 13.6. The van der Waals surface area contributed by atoms with Crippen molar-refractivity contribution in [1.29, 1.82) is 0 Å². The Morgan fingerprint density at radius 2 is 1.87 bits per heavy atom. The summed E-state index contributed by atoms with van der Waals surface area (Å²) in [7, 11) is 2.02. The molecule has 2 heterocycles. The number of urea groups is 1. The highest BCUT2D eigenvalue weighted by Gasteiger charge is 2.34. The van der Waals surface area contributed by atoms with Crippen LogP contribution in [0.5, 0.6) is 5.75 Å². The number of hydrogen-bond donors (Lipinski definition) is 3. The van der Waals surface area contributed by atoms with Crippen LogP contribution in [0, 0.1) is 5.92 Å². The zero-order chi connectivity index (χ0) is 27.1. The molecule has 1 aliphatic heterocycles. The predicted molar refractivity (Wildman–Crippen MR) is 147 cm³/mol. The fraction of sp³-hybridized carbons (Fsp3) is 0.345. The van der Waals surface area contributed by atoms with Crippen LogP contribution in [-0.2, 0) is 6.54 Å². The quantitative estimate of drug-likeness (QED) is 0.416. The van der Waals surface area contributed by atoms with Crippen LogP contribution < -0.4 is 15.4 Å². The Balaban J connectivity index is 1.63. The fourth-order valence-electron chi connectivity index (χ4n) is 4.54. The van der Waals surface area contributed by atoms with Gasteiger partial charge in [0.25, 0.3) is 5.91 Å². The number of benzene rings is 2. The molecule has 0 saturated heterocycles. The van der Waals surface area contributed by atoms with Gasteiger partial charge in [-0.1, -0.05) is 31.2 Å². The first-order chi connectivity index (χ1) is 18.4. The Bertz CT molecular complexity index is 1220. The number of carbonyl (C=O) groups is 2. The van der Waals surface area contributed by atoms with E-state index in [4.69, 9.17) is 4.74 Å². The fourth-order valence-corrected chi connectivity index (χ4v) is 4.54. The van der Waals surface area contributed by atoms with Crippen molar-refractivity contribution in [3.05, 3.63) is 84.2 Å². The number of likely N-dealkylation sites (N-methyl/N-ethyl adjacent to an activating group) is 1. The Hall–Kier alpha value is -3.95. The topological polar surface area (TPSA) is 107 Å². The summed E-state index contributed by atoms with van der Waals surface area (Å²) in [6, 6.07) is 17.4. The average molecular weight is 518 g/mol. The third kappa shape index (κ3) is 6.67. The van der Waals surface area contributed by atoms with Gasteiger partial charge in [0.05, 0.1) is 23.9 Å². The summed E-state index contributed by atoms with van der Waals surface area (Å²) in [6.45, 7) is 5.43. The summed E-state index contributed by atoms with van der Waals surface area (Å²) >= 11 is 0. The molecule has 0 bridgehead atoms. The second-order valence-electron chi connectivity index (χ2n) is 9.80. The van der Waals surface area contributed by atoms with E-state index < -0.39 is 6.03 Å². The Kier molecular flexibility index (Phi) is 8.93. The highest BCUT2D eigenvalue weighted by atomic mass is 16.5. The monoisotopic (exact) mass is 517 g/mol. The van der Waals surface area contributed by atoms with E-state index in [1.54, 1.807) is 47.6 Å². The van der Waals surface area contributed by atoms with Gasteiger partial charge in [-0.3, -0.25) is 14.7 Å². The molecule has 0 radical (unpaired) electrons. The lowest BCUT2D eigenvalue weighted by molar-refractivity contribution is 0.0343. The normalized spacial score (nSPS) is 18.1. The number of nitrogens with zero attached hydrogens (tertiary/aromatic N) is 3. The number of aromatic nitrogens is 1. The standard InChI is InChI=1S/C29H35N5O4/c1-20-16-34(21(2)19-35)28(36)24-10-7-11-25(32-29(37)31-23-8-5-4-6-9-23)27(24)38-26(20)18-33(3)17-22-12-14-30-15-13-22/h4-15,20-21,26,35H,16-19H2,1-3H3,(H2,31,32,37)/t20-,21-,26-/m0/s1. The van der Waals surface area contributed by atoms with Gasteiger partial charge >= 0.3 is 6.03 Å². The molecular formula is C29H35N5O4. The zero-order valence-electron chi connectivity index (χ0n) is 22.0. The van der Waals surface area contributed by atoms with Crippen LogP contribution in [0.25, 0.3) is 0 Å². The number of pyridine rings is 1. The minimum Gasteiger partial charge on any atom is -0.486 e. The van der Waals surface area contributed by atoms with Crippen molar-refractivity contribution >= 4 is 23.3 Å². The van der Waals surface area contributed by atoms with Crippen LogP contribution in [-0.4, -0.2) is 70.7 Å². The van der Waals surface area contributed by atoms with Crippen molar-refractivity contribution in [3.8, 4) is 5.75 Å². The number of aliphatic hydroxyl groups is 1. The van der Waals surface area contributed by atoms with E-state index in [-0.39, 0.29) is 30.6 Å². The molecule has 2 aromatic carbocycles. The molecule has 0 unspecified atom stereocenters. The summed E-state index contributed by atoms with van der Waals surface area (Å²) in [6.07, 6.45) is 3.25. The number of fused-ring (bicyclic) bond motifs is 1. The highest BCUT2D eigenvalue weighted by Crippen LogP contribution is 2.35. The van der Waals surface area contributed by atoms with Crippen LogP contribution in [0.3, 0.4) is 0 Å². The maximum atomic E-state index is 13.6. The first-order valence-electron chi connectivity index (χ1n) is 12.8. The van der Waals surface area contributed by atoms with Gasteiger partial charge in [0.1, 0.15) is 6.10 Å². The minimum absolute atomic E-state index is 0.0489. The number of aliphatic hydroxyl groups excluding tert-OH is 1. The molecule has 9 nitrogen and oxygen atoms in total. The lowest BCUT2D eigenvalue weighted by Crippen LogP contribution is -2.49. The summed E-state index contributed by atoms with van der Waals surface area (Å²) < 4.78 is 6.57. The van der Waals surface area contributed by atoms with Crippen LogP contribution in [0.2, 0.25) is 0 Å². The number of hydrogen-bond acceptors (Lipinski definition) is 6. The van der Waals surface area contributed by atoms with Gasteiger partial charge in [0, 0.05) is 43.6 Å². The summed E-state index contributed by atoms with van der Waals surface area (Å²) in [4.78, 5) is 34.4. The summed E-state index contributed by atoms with van der Waals surface area (Å²) in [5, 5.41) is 15.5. The number of anilines is 2. The van der Waals surface area contributed by atoms with Gasteiger partial charge in [-0.15, -0.1) is 0 Å². The third-order valence-electron chi connectivity index (χ3n) is 6.66. The van der Waals surface area contributed by atoms with E-state index in [1.165, 1.54) is 0 Å². The minimum atomic E-state index is -0.442. The lowest BCUT2D eigenvalue weighted by atomic mass is 9.99. The molecule has 3 amide bonds. The Labute approximate surface area is 223 Å². The largest absolute Gasteiger partial charge is 0.486 e. The van der Waals surface area contributed by atoms with Gasteiger partial charge in [-0.2, -0.15) is 0 Å². The average Bonchev–Trinajstić information content (AvgIpc) is 2.91. The molecule has 4 rings (SSSR count). The number of carbonyl (C=O) groups excluding carboxylic acids is 2. The van der Waals surface area contributed by atoms with Crippen molar-refractivity contribution in [2.24, 2.45) is 5.92 Å². The van der Waals surface area contributed by atoms with E-state index in [1.807, 2.05) is 51.2 Å². The highest BCUT2D eigenvalue weighted by molar-refractivity contribution is 6.04. The van der Waals surface area contributed by atoms with Gasteiger partial charge in [-0.25, -0.2) is 4.79 Å². The second kappa shape index (κ2) is 12.5.